The van der Waals surface area contributed by atoms with Crippen LogP contribution in [0.2, 0.25) is 19.6 Å². The molecule has 0 aliphatic carbocycles. The van der Waals surface area contributed by atoms with E-state index < -0.39 is 8.07 Å². The largest absolute Gasteiger partial charge is 1.00 e. The molecule has 0 fully saturated rings. The van der Waals surface area contributed by atoms with Gasteiger partial charge in [0.25, 0.3) is 0 Å². The van der Waals surface area contributed by atoms with Gasteiger partial charge in [-0.25, -0.2) is 23.4 Å². The van der Waals surface area contributed by atoms with E-state index in [2.05, 4.69) is 43.8 Å². The molecule has 0 saturated carbocycles. The third-order valence-electron chi connectivity index (χ3n) is 1.95. The van der Waals surface area contributed by atoms with E-state index in [9.17, 15) is 0 Å². The Morgan fingerprint density at radius 1 is 1.31 bits per heavy atom. The summed E-state index contributed by atoms with van der Waals surface area (Å²) in [5.41, 5.74) is 0.856. The van der Waals surface area contributed by atoms with Crippen LogP contribution in [0.4, 0.5) is 0 Å². The summed E-state index contributed by atoms with van der Waals surface area (Å²) in [7, 11) is 2.65. The number of hydrogen-bond acceptors (Lipinski definition) is 3. The van der Waals surface area contributed by atoms with E-state index >= 15 is 0 Å². The molecule has 16 heavy (non-hydrogen) atoms. The summed E-state index contributed by atoms with van der Waals surface area (Å²) in [6, 6.07) is 4.36. The van der Waals surface area contributed by atoms with Crippen LogP contribution in [0.25, 0.3) is 0 Å². The third kappa shape index (κ3) is 4.38. The van der Waals surface area contributed by atoms with Gasteiger partial charge in [-0.05, 0) is 4.50 Å². The van der Waals surface area contributed by atoms with Crippen molar-refractivity contribution >= 4 is 29.6 Å². The molecule has 2 nitrogen and oxygen atoms in total. The van der Waals surface area contributed by atoms with Crippen molar-refractivity contribution in [2.45, 2.75) is 19.6 Å². The van der Waals surface area contributed by atoms with Gasteiger partial charge in [-0.15, -0.1) is 6.07 Å². The number of hydrogen-bond donors (Lipinski definition) is 0. The maximum Gasteiger partial charge on any atom is 1.00 e. The molecular weight excluding hydrogens is 227 g/mol. The van der Waals surface area contributed by atoms with Crippen molar-refractivity contribution in [3.05, 3.63) is 23.9 Å². The first-order valence-electron chi connectivity index (χ1n) is 4.99. The first-order chi connectivity index (χ1) is 6.80. The zero-order chi connectivity index (χ0) is 11.6. The van der Waals surface area contributed by atoms with Gasteiger partial charge in [0.05, 0.1) is 8.07 Å². The summed E-state index contributed by atoms with van der Waals surface area (Å²) in [6.07, 6.45) is 0. The summed E-state index contributed by atoms with van der Waals surface area (Å²) < 4.78 is 1.51. The van der Waals surface area contributed by atoms with Crippen LogP contribution in [0.3, 0.4) is 0 Å². The van der Waals surface area contributed by atoms with Gasteiger partial charge >= 0.3 is 18.9 Å². The number of rotatable bonds is 3. The SMILES string of the molecule is [CH2-]/C(=N\N(C)C)c1ccc([Si](C)(C)C)s1.[Li+]. The molecule has 0 atom stereocenters. The van der Waals surface area contributed by atoms with Crippen molar-refractivity contribution in [2.24, 2.45) is 5.10 Å². The van der Waals surface area contributed by atoms with Gasteiger partial charge in [-0.3, -0.25) is 0 Å². The smallest absolute Gasteiger partial charge is 0.306 e. The molecule has 0 spiro atoms. The van der Waals surface area contributed by atoms with Gasteiger partial charge in [0.1, 0.15) is 0 Å². The molecule has 0 aliphatic heterocycles. The second-order valence-corrected chi connectivity index (χ2v) is 11.3. The van der Waals surface area contributed by atoms with Gasteiger partial charge in [-0.2, -0.15) is 0 Å². The molecule has 5 heteroatoms. The van der Waals surface area contributed by atoms with Crippen LogP contribution in [-0.2, 0) is 0 Å². The molecule has 0 aliphatic rings. The Balaban J connectivity index is 0.00000225. The summed E-state index contributed by atoms with van der Waals surface area (Å²) in [4.78, 5) is 1.18. The van der Waals surface area contributed by atoms with Crippen LogP contribution in [0.5, 0.6) is 0 Å². The fraction of sp³-hybridized carbons (Fsp3) is 0.455. The second kappa shape index (κ2) is 5.97. The quantitative estimate of drug-likeness (QED) is 0.301. The number of thiophene rings is 1. The molecule has 0 bridgehead atoms. The standard InChI is InChI=1S/C11H19N2SSi.Li/c1-9(12-13(2)3)10-7-8-11(14-10)15(4,5)6;/h7-8H,1H2,2-6H3;/q-1;+1/b12-9+;. The van der Waals surface area contributed by atoms with Crippen molar-refractivity contribution in [3.8, 4) is 0 Å². The Bertz CT molecular complexity index is 366. The van der Waals surface area contributed by atoms with Crippen LogP contribution in [0, 0.1) is 6.92 Å². The molecule has 0 unspecified atom stereocenters. The summed E-state index contributed by atoms with van der Waals surface area (Å²) in [5, 5.41) is 6.10. The predicted octanol–water partition coefficient (Wildman–Crippen LogP) is -0.603. The Hall–Kier alpha value is -0.146. The van der Waals surface area contributed by atoms with Crippen molar-refractivity contribution in [1.82, 2.24) is 5.01 Å². The molecule has 84 valence electrons. The fourth-order valence-corrected chi connectivity index (χ4v) is 3.99. The molecule has 1 aromatic rings. The van der Waals surface area contributed by atoms with Crippen molar-refractivity contribution < 1.29 is 18.9 Å². The fourth-order valence-electron chi connectivity index (χ4n) is 1.19. The van der Waals surface area contributed by atoms with E-state index in [1.165, 1.54) is 9.38 Å². The van der Waals surface area contributed by atoms with Crippen molar-refractivity contribution in [2.75, 3.05) is 14.1 Å². The number of hydrazone groups is 1. The van der Waals surface area contributed by atoms with Gasteiger partial charge in [0.2, 0.25) is 0 Å². The van der Waals surface area contributed by atoms with E-state index in [0.717, 1.165) is 5.71 Å². The molecular formula is C11H19LiN2SSi. The van der Waals surface area contributed by atoms with E-state index in [1.54, 1.807) is 5.01 Å². The third-order valence-corrected chi connectivity index (χ3v) is 6.69. The van der Waals surface area contributed by atoms with Crippen LogP contribution >= 0.6 is 11.3 Å². The average Bonchev–Trinajstić information content (AvgIpc) is 2.48. The summed E-state index contributed by atoms with van der Waals surface area (Å²) in [6.45, 7) is 11.0. The molecule has 0 radical (unpaired) electrons. The van der Waals surface area contributed by atoms with Gasteiger partial charge in [0, 0.05) is 14.1 Å². The minimum Gasteiger partial charge on any atom is -0.306 e. The van der Waals surface area contributed by atoms with Gasteiger partial charge in [0.15, 0.2) is 0 Å². The monoisotopic (exact) mass is 246 g/mol. The topological polar surface area (TPSA) is 15.6 Å². The average molecular weight is 246 g/mol. The van der Waals surface area contributed by atoms with Crippen molar-refractivity contribution in [1.29, 1.82) is 0 Å². The Kier molecular flexibility index (Phi) is 5.92. The Morgan fingerprint density at radius 3 is 2.25 bits per heavy atom. The van der Waals surface area contributed by atoms with Crippen LogP contribution in [0.1, 0.15) is 4.88 Å². The van der Waals surface area contributed by atoms with Gasteiger partial charge < -0.3 is 5.01 Å². The van der Waals surface area contributed by atoms with E-state index in [0.29, 0.717) is 0 Å². The molecule has 0 saturated heterocycles. The first-order valence-corrected chi connectivity index (χ1v) is 9.31. The molecule has 0 N–H and O–H groups in total. The molecule has 1 aromatic heterocycles. The summed E-state index contributed by atoms with van der Waals surface area (Å²) >= 11 is 1.83. The number of nitrogens with zero attached hydrogens (tertiary/aromatic N) is 2. The first kappa shape index (κ1) is 15.9. The van der Waals surface area contributed by atoms with Crippen molar-refractivity contribution in [3.63, 3.8) is 0 Å². The second-order valence-electron chi connectivity index (χ2n) is 4.81. The minimum atomic E-state index is -1.18. The zero-order valence-corrected chi connectivity index (χ0v) is 13.0. The Morgan fingerprint density at radius 2 is 1.88 bits per heavy atom. The summed E-state index contributed by atoms with van der Waals surface area (Å²) in [5.74, 6) is 0. The van der Waals surface area contributed by atoms with E-state index in [1.807, 2.05) is 25.4 Å². The molecule has 1 heterocycles. The predicted molar refractivity (Wildman–Crippen MR) is 72.9 cm³/mol. The zero-order valence-electron chi connectivity index (χ0n) is 11.2. The van der Waals surface area contributed by atoms with Crippen LogP contribution < -0.4 is 23.4 Å². The Labute approximate surface area is 116 Å². The molecule has 1 rings (SSSR count). The van der Waals surface area contributed by atoms with E-state index in [4.69, 9.17) is 0 Å². The maximum atomic E-state index is 4.31. The van der Waals surface area contributed by atoms with E-state index in [-0.39, 0.29) is 18.9 Å². The van der Waals surface area contributed by atoms with Crippen LogP contribution in [0.15, 0.2) is 17.2 Å². The molecule has 0 amide bonds. The van der Waals surface area contributed by atoms with Gasteiger partial charge in [-0.1, -0.05) is 36.3 Å². The maximum absolute atomic E-state index is 4.31. The minimum absolute atomic E-state index is 0. The van der Waals surface area contributed by atoms with Crippen LogP contribution in [-0.4, -0.2) is 32.9 Å². The molecule has 0 aromatic carbocycles. The normalized spacial score (nSPS) is 12.2.